The van der Waals surface area contributed by atoms with Crippen molar-refractivity contribution >= 4 is 34.7 Å². The number of nitrogens with zero attached hydrogens (tertiary/aromatic N) is 4. The maximum absolute atomic E-state index is 12.3. The van der Waals surface area contributed by atoms with Crippen molar-refractivity contribution in [2.75, 3.05) is 23.1 Å². The Bertz CT molecular complexity index is 1380. The Morgan fingerprint density at radius 1 is 0.886 bits per heavy atom. The number of nitrogens with one attached hydrogen (secondary N) is 3. The van der Waals surface area contributed by atoms with Crippen molar-refractivity contribution in [3.8, 4) is 5.75 Å². The van der Waals surface area contributed by atoms with Gasteiger partial charge in [-0.2, -0.15) is 4.98 Å². The molecule has 0 spiro atoms. The van der Waals surface area contributed by atoms with Gasteiger partial charge in [-0.15, -0.1) is 0 Å². The van der Waals surface area contributed by atoms with E-state index in [0.717, 1.165) is 22.8 Å². The largest absolute Gasteiger partial charge is 0.497 e. The summed E-state index contributed by atoms with van der Waals surface area (Å²) < 4.78 is 6.44. The average molecular weight is 472 g/mol. The molecule has 0 aliphatic heterocycles. The zero-order valence-electron chi connectivity index (χ0n) is 19.6. The molecule has 2 aromatic carbocycles. The third-order valence-corrected chi connectivity index (χ3v) is 4.97. The van der Waals surface area contributed by atoms with Crippen LogP contribution in [0, 0.1) is 13.8 Å². The molecule has 0 saturated carbocycles. The molecule has 3 N–H and O–H groups in total. The van der Waals surface area contributed by atoms with Crippen molar-refractivity contribution in [2.24, 2.45) is 0 Å². The standard InChI is InChI=1S/C25H25N7O3/c1-16-13-24(34)32(15-26-16)14-23(33)29-19-4-6-20(7-5-19)30-25-27-17(2)12-22(31-25)28-18-8-10-21(35-3)11-9-18/h4-13,15H,14H2,1-3H3,(H,29,33)(H2,27,28,30,31). The van der Waals surface area contributed by atoms with Crippen LogP contribution in [0.5, 0.6) is 5.75 Å². The van der Waals surface area contributed by atoms with Gasteiger partial charge in [-0.25, -0.2) is 9.97 Å². The molecule has 0 atom stereocenters. The quantitative estimate of drug-likeness (QED) is 0.355. The average Bonchev–Trinajstić information content (AvgIpc) is 2.82. The number of aryl methyl sites for hydroxylation is 2. The van der Waals surface area contributed by atoms with Crippen LogP contribution in [0.15, 0.2) is 71.8 Å². The van der Waals surface area contributed by atoms with Gasteiger partial charge in [0.1, 0.15) is 18.1 Å². The summed E-state index contributed by atoms with van der Waals surface area (Å²) in [4.78, 5) is 37.3. The minimum atomic E-state index is -0.324. The Morgan fingerprint density at radius 2 is 1.54 bits per heavy atom. The second-order valence-electron chi connectivity index (χ2n) is 7.82. The molecular weight excluding hydrogens is 446 g/mol. The van der Waals surface area contributed by atoms with Gasteiger partial charge in [0, 0.05) is 40.6 Å². The number of hydrogen-bond acceptors (Lipinski definition) is 8. The van der Waals surface area contributed by atoms with Crippen LogP contribution < -0.4 is 26.2 Å². The number of carbonyl (C=O) groups excluding carboxylic acids is 1. The molecule has 0 unspecified atom stereocenters. The lowest BCUT2D eigenvalue weighted by atomic mass is 10.2. The predicted octanol–water partition coefficient (Wildman–Crippen LogP) is 3.78. The van der Waals surface area contributed by atoms with Gasteiger partial charge in [0.15, 0.2) is 0 Å². The van der Waals surface area contributed by atoms with Crippen LogP contribution in [-0.4, -0.2) is 32.5 Å². The van der Waals surface area contributed by atoms with E-state index < -0.39 is 0 Å². The third-order valence-electron chi connectivity index (χ3n) is 4.97. The molecule has 1 amide bonds. The molecule has 0 fully saturated rings. The van der Waals surface area contributed by atoms with E-state index in [1.54, 1.807) is 38.3 Å². The summed E-state index contributed by atoms with van der Waals surface area (Å²) >= 11 is 0. The summed E-state index contributed by atoms with van der Waals surface area (Å²) in [5.41, 5.74) is 3.35. The SMILES string of the molecule is COc1ccc(Nc2cc(C)nc(Nc3ccc(NC(=O)Cn4cnc(C)cc4=O)cc3)n2)cc1. The number of hydrogen-bond donors (Lipinski definition) is 3. The molecular formula is C25H25N7O3. The first-order chi connectivity index (χ1) is 16.9. The summed E-state index contributed by atoms with van der Waals surface area (Å²) in [6.45, 7) is 3.49. The summed E-state index contributed by atoms with van der Waals surface area (Å²) in [6, 6.07) is 17.9. The number of carbonyl (C=O) groups is 1. The minimum Gasteiger partial charge on any atom is -0.497 e. The highest BCUT2D eigenvalue weighted by Gasteiger charge is 2.07. The highest BCUT2D eigenvalue weighted by atomic mass is 16.5. The molecule has 2 aromatic heterocycles. The van der Waals surface area contributed by atoms with Gasteiger partial charge < -0.3 is 20.7 Å². The summed E-state index contributed by atoms with van der Waals surface area (Å²) in [7, 11) is 1.63. The van der Waals surface area contributed by atoms with E-state index in [4.69, 9.17) is 4.74 Å². The van der Waals surface area contributed by atoms with E-state index in [1.807, 2.05) is 37.3 Å². The van der Waals surface area contributed by atoms with E-state index in [2.05, 4.69) is 30.9 Å². The summed E-state index contributed by atoms with van der Waals surface area (Å²) in [5.74, 6) is 1.53. The number of anilines is 5. The summed E-state index contributed by atoms with van der Waals surface area (Å²) in [6.07, 6.45) is 1.36. The van der Waals surface area contributed by atoms with E-state index in [1.165, 1.54) is 17.0 Å². The first-order valence-electron chi connectivity index (χ1n) is 10.8. The van der Waals surface area contributed by atoms with E-state index in [-0.39, 0.29) is 18.0 Å². The topological polar surface area (TPSA) is 123 Å². The third kappa shape index (κ3) is 6.41. The van der Waals surface area contributed by atoms with Crippen LogP contribution in [-0.2, 0) is 11.3 Å². The first kappa shape index (κ1) is 23.4. The van der Waals surface area contributed by atoms with Crippen LogP contribution in [0.2, 0.25) is 0 Å². The highest BCUT2D eigenvalue weighted by Crippen LogP contribution is 2.22. The maximum atomic E-state index is 12.3. The molecule has 0 radical (unpaired) electrons. The predicted molar refractivity (Wildman–Crippen MR) is 135 cm³/mol. The fourth-order valence-corrected chi connectivity index (χ4v) is 3.27. The smallest absolute Gasteiger partial charge is 0.253 e. The van der Waals surface area contributed by atoms with Crippen molar-refractivity contribution in [1.29, 1.82) is 0 Å². The fourth-order valence-electron chi connectivity index (χ4n) is 3.27. The summed E-state index contributed by atoms with van der Waals surface area (Å²) in [5, 5.41) is 9.20. The molecule has 0 saturated heterocycles. The Kier molecular flexibility index (Phi) is 7.01. The van der Waals surface area contributed by atoms with Crippen molar-refractivity contribution in [3.63, 3.8) is 0 Å². The van der Waals surface area contributed by atoms with E-state index >= 15 is 0 Å². The lowest BCUT2D eigenvalue weighted by molar-refractivity contribution is -0.116. The minimum absolute atomic E-state index is 0.118. The zero-order valence-corrected chi connectivity index (χ0v) is 19.6. The van der Waals surface area contributed by atoms with Gasteiger partial charge in [0.25, 0.3) is 5.56 Å². The molecule has 10 nitrogen and oxygen atoms in total. The van der Waals surface area contributed by atoms with Crippen LogP contribution >= 0.6 is 0 Å². The molecule has 2 heterocycles. The Balaban J connectivity index is 1.38. The number of benzene rings is 2. The van der Waals surface area contributed by atoms with Gasteiger partial charge in [-0.3, -0.25) is 14.2 Å². The van der Waals surface area contributed by atoms with Crippen molar-refractivity contribution in [3.05, 3.63) is 88.7 Å². The van der Waals surface area contributed by atoms with E-state index in [0.29, 0.717) is 23.1 Å². The van der Waals surface area contributed by atoms with Crippen LogP contribution in [0.4, 0.5) is 28.8 Å². The Labute approximate surface area is 202 Å². The maximum Gasteiger partial charge on any atom is 0.253 e. The van der Waals surface area contributed by atoms with Crippen molar-refractivity contribution in [2.45, 2.75) is 20.4 Å². The first-order valence-corrected chi connectivity index (χ1v) is 10.8. The second-order valence-corrected chi connectivity index (χ2v) is 7.82. The van der Waals surface area contributed by atoms with Crippen LogP contribution in [0.3, 0.4) is 0 Å². The zero-order chi connectivity index (χ0) is 24.8. The van der Waals surface area contributed by atoms with Crippen LogP contribution in [0.25, 0.3) is 0 Å². The van der Waals surface area contributed by atoms with Gasteiger partial charge in [0.2, 0.25) is 11.9 Å². The Hall–Kier alpha value is -4.73. The molecule has 4 rings (SSSR count). The monoisotopic (exact) mass is 471 g/mol. The molecule has 4 aromatic rings. The molecule has 0 bridgehead atoms. The number of ether oxygens (including phenoxy) is 1. The number of amides is 1. The van der Waals surface area contributed by atoms with Crippen molar-refractivity contribution in [1.82, 2.24) is 19.5 Å². The molecule has 35 heavy (non-hydrogen) atoms. The second kappa shape index (κ2) is 10.5. The van der Waals surface area contributed by atoms with E-state index in [9.17, 15) is 9.59 Å². The lowest BCUT2D eigenvalue weighted by Crippen LogP contribution is -2.27. The fraction of sp³-hybridized carbons (Fsp3) is 0.160. The van der Waals surface area contributed by atoms with Gasteiger partial charge in [-0.05, 0) is 62.4 Å². The van der Waals surface area contributed by atoms with Gasteiger partial charge in [0.05, 0.1) is 13.4 Å². The lowest BCUT2D eigenvalue weighted by Gasteiger charge is -2.11. The van der Waals surface area contributed by atoms with Gasteiger partial charge >= 0.3 is 0 Å². The van der Waals surface area contributed by atoms with Gasteiger partial charge in [-0.1, -0.05) is 0 Å². The van der Waals surface area contributed by atoms with Crippen molar-refractivity contribution < 1.29 is 9.53 Å². The molecule has 10 heteroatoms. The molecule has 0 aliphatic rings. The van der Waals surface area contributed by atoms with Crippen LogP contribution in [0.1, 0.15) is 11.4 Å². The number of rotatable bonds is 8. The highest BCUT2D eigenvalue weighted by molar-refractivity contribution is 5.90. The number of aromatic nitrogens is 4. The number of methoxy groups -OCH3 is 1. The normalized spacial score (nSPS) is 10.5. The molecule has 0 aliphatic carbocycles. The Morgan fingerprint density at radius 3 is 2.23 bits per heavy atom. The molecule has 178 valence electrons.